The molecule has 3 aromatic rings. The van der Waals surface area contributed by atoms with Crippen molar-refractivity contribution in [2.24, 2.45) is 5.92 Å². The van der Waals surface area contributed by atoms with E-state index in [1.807, 2.05) is 24.3 Å². The smallest absolute Gasteiger partial charge is 0.227 e. The van der Waals surface area contributed by atoms with Crippen molar-refractivity contribution in [2.45, 2.75) is 6.42 Å². The Morgan fingerprint density at radius 2 is 2.10 bits per heavy atom. The molecule has 0 saturated carbocycles. The number of carbonyl (C=O) groups is 2. The van der Waals surface area contributed by atoms with Gasteiger partial charge in [0.25, 0.3) is 0 Å². The van der Waals surface area contributed by atoms with Crippen LogP contribution in [0.1, 0.15) is 6.42 Å². The highest BCUT2D eigenvalue weighted by atomic mass is 16.5. The maximum Gasteiger partial charge on any atom is 0.227 e. The highest BCUT2D eigenvalue weighted by molar-refractivity contribution is 6.00. The second kappa shape index (κ2) is 9.24. The first-order chi connectivity index (χ1) is 15.1. The number of amides is 2. The van der Waals surface area contributed by atoms with E-state index in [1.54, 1.807) is 47.3 Å². The average molecular weight is 421 g/mol. The predicted molar refractivity (Wildman–Crippen MR) is 114 cm³/mol. The van der Waals surface area contributed by atoms with Gasteiger partial charge in [-0.1, -0.05) is 6.07 Å². The van der Waals surface area contributed by atoms with Gasteiger partial charge >= 0.3 is 0 Å². The van der Waals surface area contributed by atoms with E-state index >= 15 is 0 Å². The first-order valence-corrected chi connectivity index (χ1v) is 9.94. The lowest BCUT2D eigenvalue weighted by Crippen LogP contribution is -2.35. The molecule has 1 aliphatic heterocycles. The standard InChI is InChI=1S/C21H23N7O3/c1-31-17-5-2-4-16(13-17)27-14-15(12-20(27)29)21(30)23-10-9-22-18-6-7-19(26-25-18)28-11-3-8-24-28/h2-8,11,13,15H,9-10,12,14H2,1H3,(H,22,25)(H,23,30). The van der Waals surface area contributed by atoms with Crippen molar-refractivity contribution in [3.8, 4) is 11.6 Å². The Labute approximate surface area is 179 Å². The lowest BCUT2D eigenvalue weighted by molar-refractivity contribution is -0.126. The third-order valence-electron chi connectivity index (χ3n) is 4.98. The van der Waals surface area contributed by atoms with Crippen LogP contribution < -0.4 is 20.3 Å². The summed E-state index contributed by atoms with van der Waals surface area (Å²) in [7, 11) is 1.58. The molecule has 1 aliphatic rings. The summed E-state index contributed by atoms with van der Waals surface area (Å²) in [5, 5.41) is 18.3. The number of nitrogens with one attached hydrogen (secondary N) is 2. The summed E-state index contributed by atoms with van der Waals surface area (Å²) in [5.41, 5.74) is 0.735. The zero-order chi connectivity index (χ0) is 21.6. The van der Waals surface area contributed by atoms with Crippen LogP contribution in [0.3, 0.4) is 0 Å². The van der Waals surface area contributed by atoms with Gasteiger partial charge in [0, 0.05) is 50.2 Å². The van der Waals surface area contributed by atoms with Gasteiger partial charge in [0.2, 0.25) is 11.8 Å². The second-order valence-electron chi connectivity index (χ2n) is 7.05. The average Bonchev–Trinajstić information content (AvgIpc) is 3.47. The van der Waals surface area contributed by atoms with Crippen LogP contribution in [0.5, 0.6) is 5.75 Å². The van der Waals surface area contributed by atoms with Gasteiger partial charge in [0.15, 0.2) is 5.82 Å². The summed E-state index contributed by atoms with van der Waals surface area (Å²) in [5.74, 6) is 1.30. The van der Waals surface area contributed by atoms with Crippen LogP contribution in [-0.4, -0.2) is 58.5 Å². The van der Waals surface area contributed by atoms with Crippen molar-refractivity contribution in [1.29, 1.82) is 0 Å². The molecular formula is C21H23N7O3. The van der Waals surface area contributed by atoms with E-state index in [2.05, 4.69) is 25.9 Å². The summed E-state index contributed by atoms with van der Waals surface area (Å²) >= 11 is 0. The van der Waals surface area contributed by atoms with Gasteiger partial charge in [-0.3, -0.25) is 9.59 Å². The van der Waals surface area contributed by atoms with Gasteiger partial charge in [-0.05, 0) is 30.3 Å². The number of nitrogens with zero attached hydrogens (tertiary/aromatic N) is 5. The van der Waals surface area contributed by atoms with Crippen LogP contribution >= 0.6 is 0 Å². The molecule has 31 heavy (non-hydrogen) atoms. The fraction of sp³-hybridized carbons (Fsp3) is 0.286. The monoisotopic (exact) mass is 421 g/mol. The molecule has 0 radical (unpaired) electrons. The van der Waals surface area contributed by atoms with Crippen LogP contribution in [-0.2, 0) is 9.59 Å². The number of rotatable bonds is 8. The van der Waals surface area contributed by atoms with Crippen LogP contribution in [0.15, 0.2) is 54.9 Å². The number of carbonyl (C=O) groups excluding carboxylic acids is 2. The molecule has 160 valence electrons. The van der Waals surface area contributed by atoms with Crippen LogP contribution in [0, 0.1) is 5.92 Å². The summed E-state index contributed by atoms with van der Waals surface area (Å²) in [6, 6.07) is 12.7. The third kappa shape index (κ3) is 4.80. The number of ether oxygens (including phenoxy) is 1. The molecule has 10 heteroatoms. The Kier molecular flexibility index (Phi) is 6.06. The summed E-state index contributed by atoms with van der Waals surface area (Å²) < 4.78 is 6.83. The van der Waals surface area contributed by atoms with Gasteiger partial charge in [0.05, 0.1) is 13.0 Å². The Morgan fingerprint density at radius 1 is 1.19 bits per heavy atom. The largest absolute Gasteiger partial charge is 0.497 e. The van der Waals surface area contributed by atoms with Crippen molar-refractivity contribution >= 4 is 23.3 Å². The van der Waals surface area contributed by atoms with E-state index in [0.717, 1.165) is 5.69 Å². The fourth-order valence-corrected chi connectivity index (χ4v) is 3.38. The highest BCUT2D eigenvalue weighted by Gasteiger charge is 2.35. The molecule has 1 saturated heterocycles. The molecule has 1 unspecified atom stereocenters. The van der Waals surface area contributed by atoms with E-state index in [9.17, 15) is 9.59 Å². The van der Waals surface area contributed by atoms with Crippen LogP contribution in [0.25, 0.3) is 5.82 Å². The third-order valence-corrected chi connectivity index (χ3v) is 4.98. The highest BCUT2D eigenvalue weighted by Crippen LogP contribution is 2.27. The second-order valence-corrected chi connectivity index (χ2v) is 7.05. The molecule has 2 N–H and O–H groups in total. The molecule has 10 nitrogen and oxygen atoms in total. The van der Waals surface area contributed by atoms with Crippen molar-refractivity contribution in [3.63, 3.8) is 0 Å². The lowest BCUT2D eigenvalue weighted by atomic mass is 10.1. The number of hydrogen-bond donors (Lipinski definition) is 2. The maximum absolute atomic E-state index is 12.5. The summed E-state index contributed by atoms with van der Waals surface area (Å²) in [6.45, 7) is 1.25. The minimum absolute atomic E-state index is 0.0703. The number of hydrogen-bond acceptors (Lipinski definition) is 7. The SMILES string of the molecule is COc1cccc(N2CC(C(=O)NCCNc3ccc(-n4cccn4)nn3)CC2=O)c1. The van der Waals surface area contributed by atoms with E-state index in [4.69, 9.17) is 4.74 Å². The Hall–Kier alpha value is -3.95. The first kappa shape index (κ1) is 20.3. The van der Waals surface area contributed by atoms with Gasteiger partial charge in [-0.2, -0.15) is 5.10 Å². The molecule has 4 rings (SSSR count). The molecule has 0 spiro atoms. The number of methoxy groups -OCH3 is 1. The fourth-order valence-electron chi connectivity index (χ4n) is 3.38. The lowest BCUT2D eigenvalue weighted by Gasteiger charge is -2.17. The molecule has 1 fully saturated rings. The van der Waals surface area contributed by atoms with Gasteiger partial charge in [-0.15, -0.1) is 10.2 Å². The quantitative estimate of drug-likeness (QED) is 0.526. The van der Waals surface area contributed by atoms with Crippen molar-refractivity contribution in [2.75, 3.05) is 37.0 Å². The van der Waals surface area contributed by atoms with Crippen LogP contribution in [0.4, 0.5) is 11.5 Å². The normalized spacial score (nSPS) is 15.7. The van der Waals surface area contributed by atoms with E-state index in [-0.39, 0.29) is 24.2 Å². The van der Waals surface area contributed by atoms with Gasteiger partial charge < -0.3 is 20.3 Å². The van der Waals surface area contributed by atoms with E-state index in [0.29, 0.717) is 37.0 Å². The molecule has 0 bridgehead atoms. The number of aromatic nitrogens is 4. The summed E-state index contributed by atoms with van der Waals surface area (Å²) in [4.78, 5) is 26.5. The zero-order valence-corrected chi connectivity index (χ0v) is 17.1. The Balaban J connectivity index is 1.23. The van der Waals surface area contributed by atoms with Crippen molar-refractivity contribution in [1.82, 2.24) is 25.3 Å². The molecule has 3 heterocycles. The molecular weight excluding hydrogens is 398 g/mol. The van der Waals surface area contributed by atoms with Crippen molar-refractivity contribution in [3.05, 3.63) is 54.9 Å². The maximum atomic E-state index is 12.5. The minimum Gasteiger partial charge on any atom is -0.497 e. The van der Waals surface area contributed by atoms with Crippen molar-refractivity contribution < 1.29 is 14.3 Å². The van der Waals surface area contributed by atoms with Crippen LogP contribution in [0.2, 0.25) is 0 Å². The minimum atomic E-state index is -0.383. The number of benzene rings is 1. The molecule has 1 atom stereocenters. The van der Waals surface area contributed by atoms with E-state index < -0.39 is 0 Å². The molecule has 2 amide bonds. The van der Waals surface area contributed by atoms with Gasteiger partial charge in [-0.25, -0.2) is 4.68 Å². The number of anilines is 2. The molecule has 0 aliphatic carbocycles. The topological polar surface area (TPSA) is 114 Å². The predicted octanol–water partition coefficient (Wildman–Crippen LogP) is 1.25. The molecule has 1 aromatic carbocycles. The Bertz CT molecular complexity index is 1040. The summed E-state index contributed by atoms with van der Waals surface area (Å²) in [6.07, 6.45) is 3.65. The first-order valence-electron chi connectivity index (χ1n) is 9.94. The zero-order valence-electron chi connectivity index (χ0n) is 17.1. The van der Waals surface area contributed by atoms with Gasteiger partial charge in [0.1, 0.15) is 11.6 Å². The molecule has 2 aromatic heterocycles. The Morgan fingerprint density at radius 3 is 2.84 bits per heavy atom. The van der Waals surface area contributed by atoms with E-state index in [1.165, 1.54) is 0 Å².